The smallest absolute Gasteiger partial charge is 0.270 e. The third-order valence-electron chi connectivity index (χ3n) is 5.61. The van der Waals surface area contributed by atoms with Crippen LogP contribution in [0.2, 0.25) is 0 Å². The molecule has 3 heterocycles. The van der Waals surface area contributed by atoms with Crippen molar-refractivity contribution in [3.63, 3.8) is 0 Å². The van der Waals surface area contributed by atoms with Crippen LogP contribution in [0.4, 0.5) is 5.69 Å². The first kappa shape index (κ1) is 21.6. The van der Waals surface area contributed by atoms with Crippen LogP contribution in [-0.2, 0) is 9.59 Å². The summed E-state index contributed by atoms with van der Waals surface area (Å²) in [4.78, 5) is 32.0. The number of hydrogen-bond donors (Lipinski definition) is 1. The van der Waals surface area contributed by atoms with Crippen molar-refractivity contribution in [2.75, 3.05) is 4.90 Å². The van der Waals surface area contributed by atoms with Crippen molar-refractivity contribution in [3.8, 4) is 5.82 Å². The summed E-state index contributed by atoms with van der Waals surface area (Å²) in [5, 5.41) is 2.75. The lowest BCUT2D eigenvalue weighted by Gasteiger charge is -2.30. The molecule has 162 valence electrons. The Balaban J connectivity index is 1.79. The van der Waals surface area contributed by atoms with Gasteiger partial charge in [-0.2, -0.15) is 0 Å². The molecule has 0 bridgehead atoms. The Hall–Kier alpha value is -3.58. The van der Waals surface area contributed by atoms with Gasteiger partial charge in [0.2, 0.25) is 0 Å². The van der Waals surface area contributed by atoms with Gasteiger partial charge in [-0.1, -0.05) is 12.1 Å². The second-order valence-corrected chi connectivity index (χ2v) is 8.49. The van der Waals surface area contributed by atoms with Crippen molar-refractivity contribution < 1.29 is 9.59 Å². The number of carbonyl (C=O) groups excluding carboxylic acids is 2. The lowest BCUT2D eigenvalue weighted by molar-refractivity contribution is -0.122. The molecule has 0 radical (unpaired) electrons. The number of hydrogen-bond acceptors (Lipinski definition) is 4. The van der Waals surface area contributed by atoms with Gasteiger partial charge in [-0.05, 0) is 99.4 Å². The molecule has 7 heteroatoms. The summed E-state index contributed by atoms with van der Waals surface area (Å²) in [6.45, 7) is 9.79. The van der Waals surface area contributed by atoms with E-state index in [0.29, 0.717) is 5.69 Å². The molecule has 3 aromatic rings. The molecule has 1 fully saturated rings. The third-order valence-corrected chi connectivity index (χ3v) is 5.89. The maximum absolute atomic E-state index is 13.4. The van der Waals surface area contributed by atoms with Crippen molar-refractivity contribution in [1.29, 1.82) is 0 Å². The van der Waals surface area contributed by atoms with Crippen molar-refractivity contribution in [2.24, 2.45) is 0 Å². The number of aromatic nitrogens is 2. The summed E-state index contributed by atoms with van der Waals surface area (Å²) >= 11 is 5.34. The summed E-state index contributed by atoms with van der Waals surface area (Å²) in [7, 11) is 0. The molecule has 1 N–H and O–H groups in total. The molecule has 2 amide bonds. The minimum absolute atomic E-state index is 0.0388. The second-order valence-electron chi connectivity index (χ2n) is 8.10. The molecule has 2 aromatic heterocycles. The molecule has 1 aliphatic heterocycles. The summed E-state index contributed by atoms with van der Waals surface area (Å²) in [5.41, 5.74) is 6.32. The molecule has 1 aromatic carbocycles. The quantitative estimate of drug-likeness (QED) is 0.373. The van der Waals surface area contributed by atoms with Gasteiger partial charge in [0.15, 0.2) is 5.11 Å². The van der Waals surface area contributed by atoms with E-state index in [1.807, 2.05) is 75.6 Å². The molecule has 0 atom stereocenters. The lowest BCUT2D eigenvalue weighted by Crippen LogP contribution is -2.54. The van der Waals surface area contributed by atoms with E-state index in [4.69, 9.17) is 12.2 Å². The highest BCUT2D eigenvalue weighted by Crippen LogP contribution is 2.28. The molecular weight excluding hydrogens is 420 g/mol. The van der Waals surface area contributed by atoms with Crippen LogP contribution in [0.5, 0.6) is 0 Å². The molecule has 1 saturated heterocycles. The lowest BCUT2D eigenvalue weighted by atomic mass is 10.0. The van der Waals surface area contributed by atoms with Crippen molar-refractivity contribution in [1.82, 2.24) is 14.9 Å². The summed E-state index contributed by atoms with van der Waals surface area (Å²) in [6, 6.07) is 11.7. The van der Waals surface area contributed by atoms with Gasteiger partial charge in [0.1, 0.15) is 11.4 Å². The number of amides is 2. The first-order valence-corrected chi connectivity index (χ1v) is 10.7. The van der Waals surface area contributed by atoms with Crippen molar-refractivity contribution in [3.05, 3.63) is 81.8 Å². The predicted molar refractivity (Wildman–Crippen MR) is 130 cm³/mol. The summed E-state index contributed by atoms with van der Waals surface area (Å²) in [5.74, 6) is -0.145. The molecule has 0 aliphatic carbocycles. The van der Waals surface area contributed by atoms with Gasteiger partial charge >= 0.3 is 0 Å². The first-order valence-electron chi connectivity index (χ1n) is 10.3. The Morgan fingerprint density at radius 2 is 1.69 bits per heavy atom. The number of carbonyl (C=O) groups is 2. The van der Waals surface area contributed by atoms with Crippen LogP contribution < -0.4 is 10.2 Å². The zero-order valence-corrected chi connectivity index (χ0v) is 19.5. The molecule has 32 heavy (non-hydrogen) atoms. The Morgan fingerprint density at radius 3 is 2.41 bits per heavy atom. The minimum Gasteiger partial charge on any atom is -0.303 e. The van der Waals surface area contributed by atoms with Crippen molar-refractivity contribution >= 4 is 40.9 Å². The Kier molecular flexibility index (Phi) is 5.52. The van der Waals surface area contributed by atoms with Gasteiger partial charge in [-0.3, -0.25) is 19.8 Å². The first-order chi connectivity index (χ1) is 15.2. The van der Waals surface area contributed by atoms with E-state index in [1.165, 1.54) is 4.90 Å². The van der Waals surface area contributed by atoms with Crippen LogP contribution >= 0.6 is 12.2 Å². The molecule has 4 rings (SSSR count). The zero-order chi connectivity index (χ0) is 23.2. The van der Waals surface area contributed by atoms with Crippen LogP contribution in [0.1, 0.15) is 33.6 Å². The van der Waals surface area contributed by atoms with Crippen LogP contribution in [0.3, 0.4) is 0 Å². The van der Waals surface area contributed by atoms with Crippen LogP contribution in [0.25, 0.3) is 11.9 Å². The highest BCUT2D eigenvalue weighted by molar-refractivity contribution is 7.80. The fourth-order valence-corrected chi connectivity index (χ4v) is 4.19. The fraction of sp³-hybridized carbons (Fsp3) is 0.200. The maximum Gasteiger partial charge on any atom is 0.270 e. The van der Waals surface area contributed by atoms with Crippen LogP contribution in [0.15, 0.2) is 48.2 Å². The SMILES string of the molecule is Cc1ccnc(-n2c(C)cc(/C=C3\C(=O)NC(=S)N(c4cc(C)ccc4C)C3=O)c2C)c1. The zero-order valence-electron chi connectivity index (χ0n) is 18.7. The normalized spacial score (nSPS) is 15.5. The van der Waals surface area contributed by atoms with Crippen molar-refractivity contribution in [2.45, 2.75) is 34.6 Å². The van der Waals surface area contributed by atoms with E-state index < -0.39 is 11.8 Å². The van der Waals surface area contributed by atoms with E-state index in [9.17, 15) is 9.59 Å². The average molecular weight is 445 g/mol. The minimum atomic E-state index is -0.500. The van der Waals surface area contributed by atoms with E-state index in [2.05, 4.69) is 10.3 Å². The van der Waals surface area contributed by atoms with Gasteiger partial charge in [0, 0.05) is 17.6 Å². The number of thiocarbonyl (C=S) groups is 1. The summed E-state index contributed by atoms with van der Waals surface area (Å²) < 4.78 is 2.01. The van der Waals surface area contributed by atoms with E-state index in [1.54, 1.807) is 12.3 Å². The maximum atomic E-state index is 13.4. The van der Waals surface area contributed by atoms with Gasteiger partial charge in [0.25, 0.3) is 11.8 Å². The predicted octanol–water partition coefficient (Wildman–Crippen LogP) is 4.25. The molecule has 0 saturated carbocycles. The van der Waals surface area contributed by atoms with Crippen LogP contribution in [0, 0.1) is 34.6 Å². The number of pyridine rings is 1. The van der Waals surface area contributed by atoms with Gasteiger partial charge < -0.3 is 4.57 Å². The number of benzene rings is 1. The topological polar surface area (TPSA) is 67.2 Å². The third kappa shape index (κ3) is 3.76. The average Bonchev–Trinajstić information content (AvgIpc) is 3.00. The largest absolute Gasteiger partial charge is 0.303 e. The Labute approximate surface area is 192 Å². The number of aryl methyl sites for hydroxylation is 4. The van der Waals surface area contributed by atoms with E-state index >= 15 is 0 Å². The van der Waals surface area contributed by atoms with Gasteiger partial charge in [-0.25, -0.2) is 4.98 Å². The molecule has 6 nitrogen and oxygen atoms in total. The Bertz CT molecular complexity index is 1320. The number of rotatable bonds is 3. The van der Waals surface area contributed by atoms with Gasteiger partial charge in [0.05, 0.1) is 5.69 Å². The number of nitrogens with one attached hydrogen (secondary N) is 1. The van der Waals surface area contributed by atoms with Gasteiger partial charge in [-0.15, -0.1) is 0 Å². The van der Waals surface area contributed by atoms with E-state index in [-0.39, 0.29) is 10.7 Å². The highest BCUT2D eigenvalue weighted by Gasteiger charge is 2.35. The standard InChI is InChI=1S/C25H24N4O2S/c1-14-6-7-16(3)21(10-14)29-24(31)20(23(30)27-25(29)32)13-19-12-17(4)28(18(19)5)22-11-15(2)8-9-26-22/h6-13H,1-5H3,(H,27,30,32)/b20-13+. The molecule has 1 aliphatic rings. The molecular formula is C25H24N4O2S. The fourth-order valence-electron chi connectivity index (χ4n) is 3.92. The Morgan fingerprint density at radius 1 is 0.969 bits per heavy atom. The molecule has 0 unspecified atom stereocenters. The second kappa shape index (κ2) is 8.16. The number of nitrogens with zero attached hydrogens (tertiary/aromatic N) is 3. The molecule has 0 spiro atoms. The monoisotopic (exact) mass is 444 g/mol. The number of anilines is 1. The highest BCUT2D eigenvalue weighted by atomic mass is 32.1. The summed E-state index contributed by atoms with van der Waals surface area (Å²) in [6.07, 6.45) is 3.40. The van der Waals surface area contributed by atoms with Crippen LogP contribution in [-0.4, -0.2) is 26.5 Å². The van der Waals surface area contributed by atoms with E-state index in [0.717, 1.165) is 39.5 Å².